The first-order valence-electron chi connectivity index (χ1n) is 9.93. The first-order chi connectivity index (χ1) is 13.2. The van der Waals surface area contributed by atoms with Crippen LogP contribution in [0.5, 0.6) is 0 Å². The van der Waals surface area contributed by atoms with E-state index in [4.69, 9.17) is 4.74 Å². The van der Waals surface area contributed by atoms with Crippen molar-refractivity contribution in [3.8, 4) is 0 Å². The third kappa shape index (κ3) is 5.35. The number of piperidine rings is 1. The van der Waals surface area contributed by atoms with Gasteiger partial charge in [-0.15, -0.1) is 0 Å². The Kier molecular flexibility index (Phi) is 6.45. The van der Waals surface area contributed by atoms with Crippen LogP contribution in [0.25, 0.3) is 6.08 Å². The molecule has 1 aromatic carbocycles. The van der Waals surface area contributed by atoms with Gasteiger partial charge in [0.15, 0.2) is 0 Å². The average molecular weight is 407 g/mol. The fraction of sp³-hybridized carbons (Fsp3) is 0.571. The van der Waals surface area contributed by atoms with E-state index in [0.29, 0.717) is 19.0 Å². The van der Waals surface area contributed by atoms with Gasteiger partial charge in [0.25, 0.3) is 0 Å². The molecule has 0 atom stereocenters. The largest absolute Gasteiger partial charge is 0.447 e. The molecule has 0 aliphatic carbocycles. The van der Waals surface area contributed by atoms with Crippen LogP contribution in [0.2, 0.25) is 0 Å². The van der Waals surface area contributed by atoms with Crippen molar-refractivity contribution in [3.63, 3.8) is 0 Å². The van der Waals surface area contributed by atoms with Gasteiger partial charge in [-0.3, -0.25) is 0 Å². The zero-order valence-corrected chi connectivity index (χ0v) is 17.7. The summed E-state index contributed by atoms with van der Waals surface area (Å²) in [6.07, 6.45) is 7.99. The van der Waals surface area contributed by atoms with Gasteiger partial charge in [0.2, 0.25) is 10.0 Å². The molecule has 0 aromatic heterocycles. The molecule has 0 spiro atoms. The van der Waals surface area contributed by atoms with Gasteiger partial charge >= 0.3 is 6.09 Å². The molecule has 1 saturated heterocycles. The molecule has 2 aliphatic heterocycles. The van der Waals surface area contributed by atoms with Crippen LogP contribution in [0, 0.1) is 5.92 Å². The first kappa shape index (κ1) is 20.9. The molecule has 1 amide bonds. The van der Waals surface area contributed by atoms with Gasteiger partial charge in [-0.2, -0.15) is 4.31 Å². The number of rotatable bonds is 4. The van der Waals surface area contributed by atoms with Gasteiger partial charge in [0.1, 0.15) is 0 Å². The van der Waals surface area contributed by atoms with Crippen molar-refractivity contribution in [2.45, 2.75) is 45.8 Å². The van der Waals surface area contributed by atoms with Crippen molar-refractivity contribution in [3.05, 3.63) is 41.0 Å². The van der Waals surface area contributed by atoms with Gasteiger partial charge in [-0.1, -0.05) is 30.4 Å². The second kappa shape index (κ2) is 8.66. The monoisotopic (exact) mass is 406 g/mol. The number of hydrogen-bond acceptors (Lipinski definition) is 4. The summed E-state index contributed by atoms with van der Waals surface area (Å²) in [6, 6.07) is 6.26. The lowest BCUT2D eigenvalue weighted by Crippen LogP contribution is -2.39. The molecule has 0 saturated carbocycles. The first-order valence-corrected chi connectivity index (χ1v) is 11.8. The second-order valence-corrected chi connectivity index (χ2v) is 9.97. The Morgan fingerprint density at radius 1 is 1.18 bits per heavy atom. The number of sulfonamides is 1. The molecule has 0 N–H and O–H groups in total. The van der Waals surface area contributed by atoms with E-state index in [0.717, 1.165) is 43.5 Å². The molecule has 0 bridgehead atoms. The maximum absolute atomic E-state index is 12.0. The van der Waals surface area contributed by atoms with Crippen LogP contribution in [0.4, 0.5) is 4.79 Å². The summed E-state index contributed by atoms with van der Waals surface area (Å²) < 4.78 is 30.3. The molecule has 154 valence electrons. The quantitative estimate of drug-likeness (QED) is 0.770. The number of likely N-dealkylation sites (tertiary alicyclic amines) is 1. The number of ether oxygens (including phenoxy) is 1. The standard InChI is InChI=1S/C21H30N2O4S/c1-16(2)27-21(24)22-11-8-17(9-12-22)4-5-18-6-7-20-15-23(28(3,25)26)13-10-19(20)14-18/h4-7,14,16-17H,8-13,15H2,1-3H3. The zero-order chi connectivity index (χ0) is 20.3. The van der Waals surface area contributed by atoms with E-state index >= 15 is 0 Å². The second-order valence-electron chi connectivity index (χ2n) is 7.99. The van der Waals surface area contributed by atoms with Gasteiger partial charge in [-0.25, -0.2) is 13.2 Å². The van der Waals surface area contributed by atoms with Crippen LogP contribution in [-0.2, 0) is 27.7 Å². The van der Waals surface area contributed by atoms with Gasteiger partial charge < -0.3 is 9.64 Å². The molecule has 1 fully saturated rings. The third-order valence-corrected chi connectivity index (χ3v) is 6.62. The number of carbonyl (C=O) groups excluding carboxylic acids is 1. The third-order valence-electron chi connectivity index (χ3n) is 5.37. The van der Waals surface area contributed by atoms with E-state index < -0.39 is 10.0 Å². The van der Waals surface area contributed by atoms with E-state index in [2.05, 4.69) is 24.3 Å². The average Bonchev–Trinajstić information content (AvgIpc) is 2.65. The Hall–Kier alpha value is -1.86. The van der Waals surface area contributed by atoms with Crippen molar-refractivity contribution in [2.75, 3.05) is 25.9 Å². The van der Waals surface area contributed by atoms with Crippen molar-refractivity contribution in [1.29, 1.82) is 0 Å². The highest BCUT2D eigenvalue weighted by atomic mass is 32.2. The van der Waals surface area contributed by atoms with Gasteiger partial charge in [-0.05, 0) is 55.7 Å². The highest BCUT2D eigenvalue weighted by Gasteiger charge is 2.24. The molecule has 3 rings (SSSR count). The van der Waals surface area contributed by atoms with Crippen LogP contribution in [0.15, 0.2) is 24.3 Å². The van der Waals surface area contributed by atoms with E-state index in [1.807, 2.05) is 19.9 Å². The fourth-order valence-corrected chi connectivity index (χ4v) is 4.53. The maximum atomic E-state index is 12.0. The minimum absolute atomic E-state index is 0.0846. The van der Waals surface area contributed by atoms with Crippen molar-refractivity contribution in [2.24, 2.45) is 5.92 Å². The number of fused-ring (bicyclic) bond motifs is 1. The SMILES string of the molecule is CC(C)OC(=O)N1CCC(C=Cc2ccc3c(c2)CCN(S(C)(=O)=O)C3)CC1. The predicted molar refractivity (Wildman–Crippen MR) is 110 cm³/mol. The van der Waals surface area contributed by atoms with Crippen LogP contribution in [-0.4, -0.2) is 55.7 Å². The summed E-state index contributed by atoms with van der Waals surface area (Å²) in [5, 5.41) is 0. The van der Waals surface area contributed by atoms with Crippen molar-refractivity contribution >= 4 is 22.2 Å². The summed E-state index contributed by atoms with van der Waals surface area (Å²) in [6.45, 7) is 6.19. The maximum Gasteiger partial charge on any atom is 0.410 e. The highest BCUT2D eigenvalue weighted by molar-refractivity contribution is 7.88. The van der Waals surface area contributed by atoms with Crippen molar-refractivity contribution < 1.29 is 17.9 Å². The molecule has 0 radical (unpaired) electrons. The number of nitrogens with zero attached hydrogens (tertiary/aromatic N) is 2. The minimum atomic E-state index is -3.14. The van der Waals surface area contributed by atoms with E-state index in [-0.39, 0.29) is 12.2 Å². The van der Waals surface area contributed by atoms with Crippen LogP contribution in [0.3, 0.4) is 0 Å². The molecule has 2 aliphatic rings. The molecular weight excluding hydrogens is 376 g/mol. The lowest BCUT2D eigenvalue weighted by atomic mass is 9.94. The van der Waals surface area contributed by atoms with Crippen LogP contribution < -0.4 is 0 Å². The summed E-state index contributed by atoms with van der Waals surface area (Å²) in [4.78, 5) is 13.7. The summed E-state index contributed by atoms with van der Waals surface area (Å²) in [7, 11) is -3.14. The predicted octanol–water partition coefficient (Wildman–Crippen LogP) is 3.27. The molecule has 1 aromatic rings. The molecule has 6 nitrogen and oxygen atoms in total. The summed E-state index contributed by atoms with van der Waals surface area (Å²) in [5.41, 5.74) is 3.47. The van der Waals surface area contributed by atoms with Crippen LogP contribution in [0.1, 0.15) is 43.4 Å². The minimum Gasteiger partial charge on any atom is -0.447 e. The number of benzene rings is 1. The Bertz CT molecular complexity index is 840. The Balaban J connectivity index is 1.56. The van der Waals surface area contributed by atoms with Gasteiger partial charge in [0.05, 0.1) is 12.4 Å². The Labute approximate surface area is 168 Å². The molecule has 0 unspecified atom stereocenters. The lowest BCUT2D eigenvalue weighted by Gasteiger charge is -2.30. The summed E-state index contributed by atoms with van der Waals surface area (Å²) >= 11 is 0. The Morgan fingerprint density at radius 2 is 1.89 bits per heavy atom. The number of carbonyl (C=O) groups is 1. The number of allylic oxidation sites excluding steroid dienone is 1. The number of hydrogen-bond donors (Lipinski definition) is 0. The van der Waals surface area contributed by atoms with E-state index in [1.54, 1.807) is 4.90 Å². The zero-order valence-electron chi connectivity index (χ0n) is 16.9. The normalized spacial score (nSPS) is 19.2. The molecule has 2 heterocycles. The molecular formula is C21H30N2O4S. The Morgan fingerprint density at radius 3 is 2.54 bits per heavy atom. The summed E-state index contributed by atoms with van der Waals surface area (Å²) in [5.74, 6) is 0.458. The molecule has 28 heavy (non-hydrogen) atoms. The highest BCUT2D eigenvalue weighted by Crippen LogP contribution is 2.24. The smallest absolute Gasteiger partial charge is 0.410 e. The lowest BCUT2D eigenvalue weighted by molar-refractivity contribution is 0.0679. The fourth-order valence-electron chi connectivity index (χ4n) is 3.73. The van der Waals surface area contributed by atoms with E-state index in [9.17, 15) is 13.2 Å². The topological polar surface area (TPSA) is 66.9 Å². The van der Waals surface area contributed by atoms with Gasteiger partial charge in [0, 0.05) is 26.2 Å². The number of amides is 1. The van der Waals surface area contributed by atoms with Crippen molar-refractivity contribution in [1.82, 2.24) is 9.21 Å². The van der Waals surface area contributed by atoms with Crippen LogP contribution >= 0.6 is 0 Å². The van der Waals surface area contributed by atoms with E-state index in [1.165, 1.54) is 16.1 Å². The molecule has 7 heteroatoms.